The summed E-state index contributed by atoms with van der Waals surface area (Å²) in [5.74, 6) is 0.624. The first kappa shape index (κ1) is 28.3. The molecule has 1 aromatic heterocycles. The molecule has 0 fully saturated rings. The van der Waals surface area contributed by atoms with Gasteiger partial charge in [-0.1, -0.05) is 127 Å². The van der Waals surface area contributed by atoms with Gasteiger partial charge in [0, 0.05) is 27.7 Å². The number of anilines is 3. The summed E-state index contributed by atoms with van der Waals surface area (Å²) in [5, 5.41) is 9.33. The molecule has 0 saturated heterocycles. The van der Waals surface area contributed by atoms with Gasteiger partial charge in [-0.3, -0.25) is 0 Å². The molecule has 0 spiro atoms. The fourth-order valence-electron chi connectivity index (χ4n) is 7.44. The average molecular weight is 639 g/mol. The van der Waals surface area contributed by atoms with E-state index in [1.54, 1.807) is 0 Å². The van der Waals surface area contributed by atoms with Gasteiger partial charge in [-0.2, -0.15) is 0 Å². The second kappa shape index (κ2) is 11.5. The molecule has 234 valence electrons. The van der Waals surface area contributed by atoms with Gasteiger partial charge in [-0.15, -0.1) is 0 Å². The van der Waals surface area contributed by atoms with Crippen LogP contribution in [0.3, 0.4) is 0 Å². The highest BCUT2D eigenvalue weighted by atomic mass is 16.3. The van der Waals surface area contributed by atoms with E-state index in [0.717, 1.165) is 60.8 Å². The van der Waals surface area contributed by atoms with Gasteiger partial charge in [-0.25, -0.2) is 4.98 Å². The summed E-state index contributed by atoms with van der Waals surface area (Å²) in [5.41, 5.74) is 8.21. The van der Waals surface area contributed by atoms with Gasteiger partial charge in [0.05, 0.1) is 5.69 Å². The van der Waals surface area contributed by atoms with Gasteiger partial charge < -0.3 is 9.32 Å². The van der Waals surface area contributed by atoms with Crippen LogP contribution in [0.15, 0.2) is 186 Å². The zero-order valence-corrected chi connectivity index (χ0v) is 27.1. The Bertz CT molecular complexity index is 2860. The summed E-state index contributed by atoms with van der Waals surface area (Å²) in [4.78, 5) is 7.34. The molecule has 0 radical (unpaired) electrons. The van der Waals surface area contributed by atoms with Crippen LogP contribution in [0.5, 0.6) is 0 Å². The third kappa shape index (κ3) is 4.63. The van der Waals surface area contributed by atoms with E-state index in [2.05, 4.69) is 157 Å². The van der Waals surface area contributed by atoms with Crippen molar-refractivity contribution in [1.82, 2.24) is 4.98 Å². The summed E-state index contributed by atoms with van der Waals surface area (Å²) in [7, 11) is 0. The minimum absolute atomic E-state index is 0.624. The molecule has 0 atom stereocenters. The van der Waals surface area contributed by atoms with Crippen molar-refractivity contribution in [2.75, 3.05) is 4.90 Å². The average Bonchev–Trinajstić information content (AvgIpc) is 3.64. The van der Waals surface area contributed by atoms with Crippen molar-refractivity contribution >= 4 is 71.3 Å². The third-order valence-corrected chi connectivity index (χ3v) is 9.82. The smallest absolute Gasteiger partial charge is 0.227 e. The van der Waals surface area contributed by atoms with Gasteiger partial charge in [0.25, 0.3) is 0 Å². The molecule has 0 unspecified atom stereocenters. The lowest BCUT2D eigenvalue weighted by molar-refractivity contribution is 0.623. The van der Waals surface area contributed by atoms with E-state index >= 15 is 0 Å². The second-order valence-corrected chi connectivity index (χ2v) is 12.8. The number of fused-ring (bicyclic) bond motifs is 8. The van der Waals surface area contributed by atoms with Crippen LogP contribution in [-0.4, -0.2) is 4.98 Å². The number of hydrogen-bond acceptors (Lipinski definition) is 3. The van der Waals surface area contributed by atoms with E-state index in [9.17, 15) is 0 Å². The number of benzene rings is 9. The Kier molecular flexibility index (Phi) is 6.49. The van der Waals surface area contributed by atoms with Crippen LogP contribution in [0.4, 0.5) is 17.1 Å². The normalized spacial score (nSPS) is 11.6. The van der Waals surface area contributed by atoms with E-state index in [1.807, 2.05) is 30.3 Å². The first-order valence-corrected chi connectivity index (χ1v) is 17.0. The monoisotopic (exact) mass is 638 g/mol. The van der Waals surface area contributed by atoms with Crippen molar-refractivity contribution in [3.63, 3.8) is 0 Å². The molecule has 10 rings (SSSR count). The fraction of sp³-hybridized carbons (Fsp3) is 0. The molecule has 10 aromatic rings. The summed E-state index contributed by atoms with van der Waals surface area (Å²) < 4.78 is 6.66. The lowest BCUT2D eigenvalue weighted by Crippen LogP contribution is -2.10. The van der Waals surface area contributed by atoms with Crippen LogP contribution in [0.1, 0.15) is 0 Å². The number of hydrogen-bond donors (Lipinski definition) is 0. The Morgan fingerprint density at radius 2 is 1.06 bits per heavy atom. The standard InChI is InChI=1S/C47H30N2O/c1-4-12-31(13-5-1)35-23-26-40-42(28-35)45-36(24-27-43-46(45)50-47(48-43)34-15-6-2-7-16-34)29-44(40)49(37-17-8-3-9-18-37)38-25-22-33-21-20-32-14-10-11-19-39(32)41(33)30-38/h1-30H. The molecule has 0 saturated carbocycles. The van der Waals surface area contributed by atoms with Crippen LogP contribution < -0.4 is 4.90 Å². The zero-order valence-electron chi connectivity index (χ0n) is 27.1. The quantitative estimate of drug-likeness (QED) is 0.176. The van der Waals surface area contributed by atoms with Crippen LogP contribution in [-0.2, 0) is 0 Å². The van der Waals surface area contributed by atoms with Crippen LogP contribution in [0.2, 0.25) is 0 Å². The SMILES string of the molecule is c1ccc(-c2ccc3c(N(c4ccccc4)c4ccc5ccc6ccccc6c5c4)cc4ccc5nc(-c6ccccc6)oc5c4c3c2)cc1. The summed E-state index contributed by atoms with van der Waals surface area (Å²) in [6, 6.07) is 64.7. The predicted octanol–water partition coefficient (Wildman–Crippen LogP) is 13.2. The highest BCUT2D eigenvalue weighted by Gasteiger charge is 2.21. The Labute approximate surface area is 289 Å². The van der Waals surface area contributed by atoms with Crippen molar-refractivity contribution in [3.05, 3.63) is 182 Å². The first-order valence-electron chi connectivity index (χ1n) is 17.0. The fourth-order valence-corrected chi connectivity index (χ4v) is 7.44. The number of para-hydroxylation sites is 1. The summed E-state index contributed by atoms with van der Waals surface area (Å²) in [6.07, 6.45) is 0. The van der Waals surface area contributed by atoms with E-state index in [0.29, 0.717) is 5.89 Å². The predicted molar refractivity (Wildman–Crippen MR) is 210 cm³/mol. The molecule has 0 aliphatic heterocycles. The zero-order chi connectivity index (χ0) is 33.0. The maximum absolute atomic E-state index is 6.66. The van der Waals surface area contributed by atoms with E-state index in [4.69, 9.17) is 9.40 Å². The van der Waals surface area contributed by atoms with Crippen molar-refractivity contribution in [2.45, 2.75) is 0 Å². The molecule has 0 amide bonds. The number of rotatable bonds is 5. The van der Waals surface area contributed by atoms with Crippen molar-refractivity contribution in [3.8, 4) is 22.6 Å². The maximum atomic E-state index is 6.66. The highest BCUT2D eigenvalue weighted by molar-refractivity contribution is 6.23. The number of nitrogens with zero attached hydrogens (tertiary/aromatic N) is 2. The Balaban J connectivity index is 1.29. The van der Waals surface area contributed by atoms with Gasteiger partial charge in [0.15, 0.2) is 5.58 Å². The maximum Gasteiger partial charge on any atom is 0.227 e. The van der Waals surface area contributed by atoms with E-state index in [-0.39, 0.29) is 0 Å². The molecular formula is C47H30N2O. The molecule has 1 heterocycles. The Morgan fingerprint density at radius 3 is 1.86 bits per heavy atom. The molecule has 50 heavy (non-hydrogen) atoms. The van der Waals surface area contributed by atoms with Gasteiger partial charge in [0.2, 0.25) is 5.89 Å². The molecular weight excluding hydrogens is 609 g/mol. The Morgan fingerprint density at radius 1 is 0.400 bits per heavy atom. The number of oxazole rings is 1. The van der Waals surface area contributed by atoms with Crippen molar-refractivity contribution in [1.29, 1.82) is 0 Å². The molecule has 9 aromatic carbocycles. The van der Waals surface area contributed by atoms with Gasteiger partial charge >= 0.3 is 0 Å². The minimum atomic E-state index is 0.624. The summed E-state index contributed by atoms with van der Waals surface area (Å²) in [6.45, 7) is 0. The summed E-state index contributed by atoms with van der Waals surface area (Å²) >= 11 is 0. The lowest BCUT2D eigenvalue weighted by atomic mass is 9.94. The van der Waals surface area contributed by atoms with E-state index < -0.39 is 0 Å². The highest BCUT2D eigenvalue weighted by Crippen LogP contribution is 2.46. The van der Waals surface area contributed by atoms with Crippen LogP contribution >= 0.6 is 0 Å². The van der Waals surface area contributed by atoms with Crippen molar-refractivity contribution in [2.24, 2.45) is 0 Å². The number of aromatic nitrogens is 1. The molecule has 3 heteroatoms. The molecule has 0 bridgehead atoms. The van der Waals surface area contributed by atoms with Crippen LogP contribution in [0.25, 0.3) is 76.8 Å². The topological polar surface area (TPSA) is 29.3 Å². The Hall–Kier alpha value is -6.71. The first-order chi connectivity index (χ1) is 24.8. The second-order valence-electron chi connectivity index (χ2n) is 12.8. The van der Waals surface area contributed by atoms with E-state index in [1.165, 1.54) is 27.1 Å². The van der Waals surface area contributed by atoms with Gasteiger partial charge in [-0.05, 0) is 98.0 Å². The minimum Gasteiger partial charge on any atom is -0.435 e. The molecule has 0 aliphatic carbocycles. The van der Waals surface area contributed by atoms with Crippen LogP contribution in [0, 0.1) is 0 Å². The van der Waals surface area contributed by atoms with Crippen molar-refractivity contribution < 1.29 is 4.42 Å². The van der Waals surface area contributed by atoms with Gasteiger partial charge in [0.1, 0.15) is 5.52 Å². The molecule has 0 aliphatic rings. The largest absolute Gasteiger partial charge is 0.435 e. The third-order valence-electron chi connectivity index (χ3n) is 9.82. The lowest BCUT2D eigenvalue weighted by Gasteiger charge is -2.28. The molecule has 0 N–H and O–H groups in total. The molecule has 3 nitrogen and oxygen atoms in total.